The molecule has 3 heterocycles. The van der Waals surface area contributed by atoms with Crippen molar-refractivity contribution in [2.75, 3.05) is 26.3 Å². The summed E-state index contributed by atoms with van der Waals surface area (Å²) in [6, 6.07) is 0. The van der Waals surface area contributed by atoms with Gasteiger partial charge in [-0.05, 0) is 24.8 Å². The minimum atomic E-state index is 0.0528. The Balaban J connectivity index is 1.69. The summed E-state index contributed by atoms with van der Waals surface area (Å²) in [6.45, 7) is 4.37. The van der Waals surface area contributed by atoms with Crippen molar-refractivity contribution in [2.45, 2.75) is 25.8 Å². The van der Waals surface area contributed by atoms with E-state index in [9.17, 15) is 4.79 Å². The zero-order valence-electron chi connectivity index (χ0n) is 11.3. The summed E-state index contributed by atoms with van der Waals surface area (Å²) in [7, 11) is 0. The van der Waals surface area contributed by atoms with Gasteiger partial charge >= 0.3 is 0 Å². The van der Waals surface area contributed by atoms with Crippen LogP contribution in [0.4, 0.5) is 0 Å². The van der Waals surface area contributed by atoms with E-state index in [1.54, 1.807) is 11.3 Å². The number of hydrogen-bond acceptors (Lipinski definition) is 4. The van der Waals surface area contributed by atoms with Gasteiger partial charge in [0.05, 0.1) is 18.6 Å². The number of ether oxygens (including phenoxy) is 1. The second kappa shape index (κ2) is 4.95. The molecule has 0 saturated carbocycles. The molecule has 4 rings (SSSR count). The number of morpholine rings is 1. The van der Waals surface area contributed by atoms with Gasteiger partial charge in [0.25, 0.3) is 5.56 Å². The molecule has 1 fully saturated rings. The number of quaternary nitrogens is 1. The molecule has 6 heteroatoms. The van der Waals surface area contributed by atoms with Crippen LogP contribution in [0.5, 0.6) is 0 Å². The first-order valence-electron chi connectivity index (χ1n) is 7.26. The fourth-order valence-corrected chi connectivity index (χ4v) is 4.49. The summed E-state index contributed by atoms with van der Waals surface area (Å²) in [4.78, 5) is 23.8. The van der Waals surface area contributed by atoms with Crippen molar-refractivity contribution in [3.05, 3.63) is 26.6 Å². The number of hydrogen-bond donors (Lipinski definition) is 2. The van der Waals surface area contributed by atoms with E-state index in [-0.39, 0.29) is 5.56 Å². The summed E-state index contributed by atoms with van der Waals surface area (Å²) < 4.78 is 5.36. The molecule has 1 aliphatic heterocycles. The molecule has 20 heavy (non-hydrogen) atoms. The minimum absolute atomic E-state index is 0.0528. The molecule has 1 aliphatic carbocycles. The molecule has 0 spiro atoms. The van der Waals surface area contributed by atoms with Crippen molar-refractivity contribution in [1.29, 1.82) is 0 Å². The standard InChI is InChI=1S/C14H17N3O2S/c18-13-12-9-2-1-3-10(9)20-14(12)16-11(15-13)8-17-4-6-19-7-5-17/h1-8H2,(H,15,16,18)/p+1. The molecule has 0 aromatic carbocycles. The highest BCUT2D eigenvalue weighted by Gasteiger charge is 2.22. The van der Waals surface area contributed by atoms with Crippen LogP contribution < -0.4 is 10.5 Å². The molecular weight excluding hydrogens is 274 g/mol. The quantitative estimate of drug-likeness (QED) is 0.812. The van der Waals surface area contributed by atoms with Gasteiger partial charge in [-0.1, -0.05) is 0 Å². The van der Waals surface area contributed by atoms with Crippen LogP contribution in [0.1, 0.15) is 22.7 Å². The van der Waals surface area contributed by atoms with Crippen LogP contribution in [0.2, 0.25) is 0 Å². The second-order valence-corrected chi connectivity index (χ2v) is 6.67. The Morgan fingerprint density at radius 2 is 2.15 bits per heavy atom. The fourth-order valence-electron chi connectivity index (χ4n) is 3.20. The lowest BCUT2D eigenvalue weighted by molar-refractivity contribution is -0.922. The number of fused-ring (bicyclic) bond motifs is 3. The van der Waals surface area contributed by atoms with E-state index in [2.05, 4.69) is 4.98 Å². The molecule has 2 N–H and O–H groups in total. The molecule has 2 aromatic rings. The predicted molar refractivity (Wildman–Crippen MR) is 77.5 cm³/mol. The molecule has 0 radical (unpaired) electrons. The first-order valence-corrected chi connectivity index (χ1v) is 8.07. The maximum atomic E-state index is 12.3. The van der Waals surface area contributed by atoms with Crippen molar-refractivity contribution >= 4 is 21.6 Å². The van der Waals surface area contributed by atoms with Crippen LogP contribution in [0.25, 0.3) is 10.2 Å². The summed E-state index contributed by atoms with van der Waals surface area (Å²) in [5.74, 6) is 0.819. The molecule has 0 bridgehead atoms. The number of aromatic amines is 1. The van der Waals surface area contributed by atoms with Gasteiger partial charge in [-0.15, -0.1) is 11.3 Å². The number of thiophene rings is 1. The smallest absolute Gasteiger partial charge is 0.260 e. The van der Waals surface area contributed by atoms with Crippen LogP contribution in [0, 0.1) is 0 Å². The van der Waals surface area contributed by atoms with Gasteiger partial charge in [0, 0.05) is 4.88 Å². The van der Waals surface area contributed by atoms with Crippen LogP contribution in [0.15, 0.2) is 4.79 Å². The van der Waals surface area contributed by atoms with Crippen LogP contribution in [0.3, 0.4) is 0 Å². The third-order valence-corrected chi connectivity index (χ3v) is 5.43. The average molecular weight is 292 g/mol. The number of nitrogens with one attached hydrogen (secondary N) is 2. The number of rotatable bonds is 2. The minimum Gasteiger partial charge on any atom is -0.370 e. The van der Waals surface area contributed by atoms with Gasteiger partial charge in [-0.25, -0.2) is 4.98 Å². The maximum Gasteiger partial charge on any atom is 0.260 e. The van der Waals surface area contributed by atoms with Crippen LogP contribution in [-0.2, 0) is 24.1 Å². The fraction of sp³-hybridized carbons (Fsp3) is 0.571. The lowest BCUT2D eigenvalue weighted by Crippen LogP contribution is -3.12. The Bertz CT molecular complexity index is 700. The normalized spacial score (nSPS) is 19.6. The number of H-pyrrole nitrogens is 1. The van der Waals surface area contributed by atoms with Crippen molar-refractivity contribution in [1.82, 2.24) is 9.97 Å². The molecule has 5 nitrogen and oxygen atoms in total. The first kappa shape index (κ1) is 12.5. The number of aromatic nitrogens is 2. The van der Waals surface area contributed by atoms with E-state index in [0.29, 0.717) is 0 Å². The molecule has 106 valence electrons. The third kappa shape index (κ3) is 2.08. The van der Waals surface area contributed by atoms with E-state index in [0.717, 1.165) is 61.7 Å². The maximum absolute atomic E-state index is 12.3. The predicted octanol–water partition coefficient (Wildman–Crippen LogP) is -0.112. The Morgan fingerprint density at radius 3 is 3.00 bits per heavy atom. The second-order valence-electron chi connectivity index (χ2n) is 5.59. The van der Waals surface area contributed by atoms with Crippen molar-refractivity contribution in [3.63, 3.8) is 0 Å². The molecule has 0 atom stereocenters. The highest BCUT2D eigenvalue weighted by atomic mass is 32.1. The molecule has 2 aliphatic rings. The SMILES string of the molecule is O=c1[nH]c(C[NH+]2CCOCC2)nc2sc3c(c12)CCC3. The van der Waals surface area contributed by atoms with Gasteiger partial charge in [0.15, 0.2) is 5.82 Å². The topological polar surface area (TPSA) is 59.4 Å². The van der Waals surface area contributed by atoms with Gasteiger partial charge in [-0.3, -0.25) is 4.79 Å². The monoisotopic (exact) mass is 292 g/mol. The lowest BCUT2D eigenvalue weighted by Gasteiger charge is -2.23. The summed E-state index contributed by atoms with van der Waals surface area (Å²) in [6.07, 6.45) is 3.32. The Morgan fingerprint density at radius 1 is 1.30 bits per heavy atom. The lowest BCUT2D eigenvalue weighted by atomic mass is 10.2. The van der Waals surface area contributed by atoms with Crippen molar-refractivity contribution < 1.29 is 9.64 Å². The van der Waals surface area contributed by atoms with E-state index in [1.807, 2.05) is 0 Å². The highest BCUT2D eigenvalue weighted by Crippen LogP contribution is 2.34. The Labute approximate surface area is 120 Å². The Hall–Kier alpha value is -1.24. The van der Waals surface area contributed by atoms with Crippen molar-refractivity contribution in [3.8, 4) is 0 Å². The van der Waals surface area contributed by atoms with E-state index in [1.165, 1.54) is 21.8 Å². The summed E-state index contributed by atoms with van der Waals surface area (Å²) >= 11 is 1.71. The highest BCUT2D eigenvalue weighted by molar-refractivity contribution is 7.18. The summed E-state index contributed by atoms with van der Waals surface area (Å²) in [5, 5.41) is 0.850. The first-order chi connectivity index (χ1) is 9.81. The van der Waals surface area contributed by atoms with E-state index in [4.69, 9.17) is 9.72 Å². The van der Waals surface area contributed by atoms with Gasteiger partial charge in [0.2, 0.25) is 0 Å². The van der Waals surface area contributed by atoms with E-state index < -0.39 is 0 Å². The summed E-state index contributed by atoms with van der Waals surface area (Å²) in [5.41, 5.74) is 1.31. The molecular formula is C14H18N3O2S+. The molecule has 2 aromatic heterocycles. The largest absolute Gasteiger partial charge is 0.370 e. The molecule has 0 amide bonds. The zero-order chi connectivity index (χ0) is 13.5. The molecule has 0 unspecified atom stereocenters. The molecule has 1 saturated heterocycles. The van der Waals surface area contributed by atoms with Gasteiger partial charge in [-0.2, -0.15) is 0 Å². The van der Waals surface area contributed by atoms with Crippen LogP contribution >= 0.6 is 11.3 Å². The Kier molecular flexibility index (Phi) is 3.09. The number of nitrogens with zero attached hydrogens (tertiary/aromatic N) is 1. The average Bonchev–Trinajstić information content (AvgIpc) is 2.99. The zero-order valence-corrected chi connectivity index (χ0v) is 12.1. The number of aryl methyl sites for hydroxylation is 2. The van der Waals surface area contributed by atoms with Crippen LogP contribution in [-0.4, -0.2) is 36.3 Å². The van der Waals surface area contributed by atoms with E-state index >= 15 is 0 Å². The van der Waals surface area contributed by atoms with Gasteiger partial charge in [0.1, 0.15) is 24.5 Å². The third-order valence-electron chi connectivity index (χ3n) is 4.24. The van der Waals surface area contributed by atoms with Gasteiger partial charge < -0.3 is 14.6 Å². The van der Waals surface area contributed by atoms with Crippen molar-refractivity contribution in [2.24, 2.45) is 0 Å².